The summed E-state index contributed by atoms with van der Waals surface area (Å²) in [6.07, 6.45) is 9.49. The van der Waals surface area contributed by atoms with E-state index in [1.54, 1.807) is 12.3 Å². The van der Waals surface area contributed by atoms with Gasteiger partial charge in [-0.15, -0.1) is 0 Å². The van der Waals surface area contributed by atoms with Gasteiger partial charge in [-0.05, 0) is 12.5 Å². The van der Waals surface area contributed by atoms with Crippen molar-refractivity contribution in [3.8, 4) is 0 Å². The van der Waals surface area contributed by atoms with Crippen molar-refractivity contribution in [3.63, 3.8) is 0 Å². The van der Waals surface area contributed by atoms with E-state index in [2.05, 4.69) is 16.9 Å². The van der Waals surface area contributed by atoms with Crippen LogP contribution < -0.4 is 0 Å². The largest absolute Gasteiger partial charge is 0.292 e. The fraction of sp³-hybridized carbons (Fsp3) is 0.583. The Morgan fingerprint density at radius 2 is 2.07 bits per heavy atom. The topological polar surface area (TPSA) is 42.9 Å². The van der Waals surface area contributed by atoms with Crippen LogP contribution in [0.2, 0.25) is 0 Å². The Morgan fingerprint density at radius 1 is 1.27 bits per heavy atom. The Bertz CT molecular complexity index is 285. The van der Waals surface area contributed by atoms with E-state index in [-0.39, 0.29) is 5.78 Å². The molecule has 15 heavy (non-hydrogen) atoms. The normalized spacial score (nSPS) is 10.2. The van der Waals surface area contributed by atoms with Crippen molar-refractivity contribution < 1.29 is 4.79 Å². The first-order valence-electron chi connectivity index (χ1n) is 5.63. The van der Waals surface area contributed by atoms with Crippen LogP contribution in [0.15, 0.2) is 18.6 Å². The highest BCUT2D eigenvalue weighted by molar-refractivity contribution is 5.93. The monoisotopic (exact) mass is 206 g/mol. The zero-order valence-corrected chi connectivity index (χ0v) is 9.28. The number of hydrogen-bond donors (Lipinski definition) is 0. The van der Waals surface area contributed by atoms with E-state index in [1.165, 1.54) is 25.6 Å². The van der Waals surface area contributed by atoms with Crippen molar-refractivity contribution in [3.05, 3.63) is 24.3 Å². The molecule has 0 aliphatic rings. The molecule has 0 fully saturated rings. The molecule has 0 saturated carbocycles. The third-order valence-corrected chi connectivity index (χ3v) is 2.38. The molecule has 0 radical (unpaired) electrons. The Hall–Kier alpha value is -1.25. The number of ketones is 1. The van der Waals surface area contributed by atoms with Crippen LogP contribution in [0.3, 0.4) is 0 Å². The van der Waals surface area contributed by atoms with Crippen LogP contribution in [-0.2, 0) is 0 Å². The van der Waals surface area contributed by atoms with Gasteiger partial charge in [0, 0.05) is 12.6 Å². The highest BCUT2D eigenvalue weighted by atomic mass is 16.1. The van der Waals surface area contributed by atoms with E-state index < -0.39 is 0 Å². The maximum Gasteiger partial charge on any atom is 0.181 e. The van der Waals surface area contributed by atoms with Gasteiger partial charge in [0.25, 0.3) is 0 Å². The van der Waals surface area contributed by atoms with Gasteiger partial charge in [0.15, 0.2) is 5.78 Å². The van der Waals surface area contributed by atoms with Crippen molar-refractivity contribution in [1.82, 2.24) is 9.97 Å². The second kappa shape index (κ2) is 7.10. The predicted octanol–water partition coefficient (Wildman–Crippen LogP) is 3.02. The molecule has 0 saturated heterocycles. The lowest BCUT2D eigenvalue weighted by atomic mass is 10.1. The molecule has 1 heterocycles. The van der Waals surface area contributed by atoms with E-state index in [9.17, 15) is 4.79 Å². The Balaban J connectivity index is 2.20. The lowest BCUT2D eigenvalue weighted by Crippen LogP contribution is -2.01. The molecule has 1 aromatic rings. The molecule has 3 heteroatoms. The second-order valence-electron chi connectivity index (χ2n) is 3.68. The summed E-state index contributed by atoms with van der Waals surface area (Å²) in [7, 11) is 0. The standard InChI is InChI=1S/C12H18N2O/c1-2-3-4-5-6-7-12(15)11-8-9-13-10-14-11/h8-10H,2-7H2,1H3. The maximum atomic E-state index is 11.6. The lowest BCUT2D eigenvalue weighted by Gasteiger charge is -1.99. The minimum absolute atomic E-state index is 0.133. The zero-order valence-electron chi connectivity index (χ0n) is 9.28. The molecule has 3 nitrogen and oxygen atoms in total. The number of nitrogens with zero attached hydrogens (tertiary/aromatic N) is 2. The molecular weight excluding hydrogens is 188 g/mol. The average Bonchev–Trinajstić information content (AvgIpc) is 2.30. The second-order valence-corrected chi connectivity index (χ2v) is 3.68. The number of carbonyl (C=O) groups is 1. The summed E-state index contributed by atoms with van der Waals surface area (Å²) in [5.41, 5.74) is 0.542. The molecular formula is C12H18N2O. The summed E-state index contributed by atoms with van der Waals surface area (Å²) < 4.78 is 0. The van der Waals surface area contributed by atoms with Crippen molar-refractivity contribution in [1.29, 1.82) is 0 Å². The highest BCUT2D eigenvalue weighted by Crippen LogP contribution is 2.07. The number of aromatic nitrogens is 2. The van der Waals surface area contributed by atoms with Gasteiger partial charge in [-0.25, -0.2) is 9.97 Å². The SMILES string of the molecule is CCCCCCCC(=O)c1ccncn1. The van der Waals surface area contributed by atoms with Crippen LogP contribution in [0.5, 0.6) is 0 Å². The van der Waals surface area contributed by atoms with Gasteiger partial charge in [0.05, 0.1) is 0 Å². The molecule has 0 unspecified atom stereocenters. The van der Waals surface area contributed by atoms with Gasteiger partial charge in [-0.1, -0.05) is 32.6 Å². The summed E-state index contributed by atoms with van der Waals surface area (Å²) in [6.45, 7) is 2.19. The van der Waals surface area contributed by atoms with Crippen molar-refractivity contribution in [2.45, 2.75) is 45.4 Å². The number of Topliss-reactive ketones (excluding diaryl/α,β-unsaturated/α-hetero) is 1. The third-order valence-electron chi connectivity index (χ3n) is 2.38. The molecule has 0 spiro atoms. The molecule has 0 aliphatic heterocycles. The summed E-state index contributed by atoms with van der Waals surface area (Å²) in [6, 6.07) is 1.67. The average molecular weight is 206 g/mol. The van der Waals surface area contributed by atoms with Gasteiger partial charge in [0.2, 0.25) is 0 Å². The summed E-state index contributed by atoms with van der Waals surface area (Å²) in [5, 5.41) is 0. The zero-order chi connectivity index (χ0) is 10.9. The Morgan fingerprint density at radius 3 is 2.73 bits per heavy atom. The van der Waals surface area contributed by atoms with E-state index in [0.717, 1.165) is 12.8 Å². The number of carbonyl (C=O) groups excluding carboxylic acids is 1. The predicted molar refractivity (Wildman–Crippen MR) is 59.7 cm³/mol. The number of hydrogen-bond acceptors (Lipinski definition) is 3. The molecule has 0 amide bonds. The summed E-state index contributed by atoms with van der Waals surface area (Å²) >= 11 is 0. The Labute approximate surface area is 91.0 Å². The molecule has 1 aromatic heterocycles. The van der Waals surface area contributed by atoms with Crippen molar-refractivity contribution in [2.75, 3.05) is 0 Å². The summed E-state index contributed by atoms with van der Waals surface area (Å²) in [5.74, 6) is 0.133. The first-order valence-corrected chi connectivity index (χ1v) is 5.63. The molecule has 0 aliphatic carbocycles. The summed E-state index contributed by atoms with van der Waals surface area (Å²) in [4.78, 5) is 19.3. The van der Waals surface area contributed by atoms with Gasteiger partial charge in [-0.2, -0.15) is 0 Å². The van der Waals surface area contributed by atoms with Crippen LogP contribution in [0.4, 0.5) is 0 Å². The minimum Gasteiger partial charge on any atom is -0.292 e. The van der Waals surface area contributed by atoms with Crippen LogP contribution in [0, 0.1) is 0 Å². The van der Waals surface area contributed by atoms with E-state index in [1.807, 2.05) is 0 Å². The van der Waals surface area contributed by atoms with E-state index in [0.29, 0.717) is 12.1 Å². The highest BCUT2D eigenvalue weighted by Gasteiger charge is 2.05. The first kappa shape index (κ1) is 11.8. The van der Waals surface area contributed by atoms with Gasteiger partial charge in [-0.3, -0.25) is 4.79 Å². The fourth-order valence-corrected chi connectivity index (χ4v) is 1.47. The fourth-order valence-electron chi connectivity index (χ4n) is 1.47. The third kappa shape index (κ3) is 4.68. The lowest BCUT2D eigenvalue weighted by molar-refractivity contribution is 0.0974. The van der Waals surface area contributed by atoms with Crippen LogP contribution in [0.1, 0.15) is 55.9 Å². The number of unbranched alkanes of at least 4 members (excludes halogenated alkanes) is 4. The maximum absolute atomic E-state index is 11.6. The van der Waals surface area contributed by atoms with E-state index in [4.69, 9.17) is 0 Å². The minimum atomic E-state index is 0.133. The van der Waals surface area contributed by atoms with Crippen molar-refractivity contribution in [2.24, 2.45) is 0 Å². The number of rotatable bonds is 7. The van der Waals surface area contributed by atoms with Crippen molar-refractivity contribution >= 4 is 5.78 Å². The van der Waals surface area contributed by atoms with Gasteiger partial charge >= 0.3 is 0 Å². The van der Waals surface area contributed by atoms with Gasteiger partial charge < -0.3 is 0 Å². The molecule has 0 N–H and O–H groups in total. The molecule has 0 bridgehead atoms. The van der Waals surface area contributed by atoms with Crippen LogP contribution in [0.25, 0.3) is 0 Å². The first-order chi connectivity index (χ1) is 7.34. The Kier molecular flexibility index (Phi) is 5.59. The van der Waals surface area contributed by atoms with Crippen LogP contribution in [-0.4, -0.2) is 15.8 Å². The smallest absolute Gasteiger partial charge is 0.181 e. The van der Waals surface area contributed by atoms with Crippen LogP contribution >= 0.6 is 0 Å². The molecule has 82 valence electrons. The van der Waals surface area contributed by atoms with Gasteiger partial charge in [0.1, 0.15) is 12.0 Å². The quantitative estimate of drug-likeness (QED) is 0.508. The molecule has 1 rings (SSSR count). The molecule has 0 aromatic carbocycles. The van der Waals surface area contributed by atoms with E-state index >= 15 is 0 Å². The molecule has 0 atom stereocenters.